The van der Waals surface area contributed by atoms with E-state index in [1.165, 1.54) is 0 Å². The van der Waals surface area contributed by atoms with Gasteiger partial charge >= 0.3 is 12.4 Å². The summed E-state index contributed by atoms with van der Waals surface area (Å²) in [6.07, 6.45) is -9.22. The van der Waals surface area contributed by atoms with Crippen LogP contribution in [-0.2, 0) is 0 Å². The smallest absolute Gasteiger partial charge is 0.313 e. The van der Waals surface area contributed by atoms with Crippen molar-refractivity contribution in [3.8, 4) is 0 Å². The molecule has 0 rings (SSSR count). The van der Waals surface area contributed by atoms with Crippen LogP contribution in [0.25, 0.3) is 0 Å². The number of hydrogen-bond acceptors (Lipinski definition) is 1. The molecule has 0 amide bonds. The van der Waals surface area contributed by atoms with Gasteiger partial charge in [0.15, 0.2) is 5.92 Å². The van der Waals surface area contributed by atoms with Gasteiger partial charge in [-0.05, 0) is 25.3 Å². The van der Waals surface area contributed by atoms with Crippen molar-refractivity contribution in [2.45, 2.75) is 64.8 Å². The molecule has 122 valence electrons. The van der Waals surface area contributed by atoms with Crippen LogP contribution in [0.1, 0.15) is 46.5 Å². The number of halogens is 6. The second-order valence-corrected chi connectivity index (χ2v) is 5.45. The number of hydrogen-bond donors (Lipinski definition) is 1. The summed E-state index contributed by atoms with van der Waals surface area (Å²) in [5.74, 6) is -3.04. The Morgan fingerprint density at radius 1 is 0.900 bits per heavy atom. The van der Waals surface area contributed by atoms with Crippen LogP contribution in [-0.4, -0.2) is 24.9 Å². The maximum absolute atomic E-state index is 12.7. The largest absolute Gasteiger partial charge is 0.401 e. The fraction of sp³-hybridized carbons (Fsp3) is 1.00. The molecule has 1 N–H and O–H groups in total. The molecule has 0 saturated carbocycles. The third-order valence-corrected chi connectivity index (χ3v) is 3.06. The monoisotopic (exact) mass is 307 g/mol. The first-order chi connectivity index (χ1) is 9.00. The maximum atomic E-state index is 12.7. The average Bonchev–Trinajstić information content (AvgIpc) is 2.20. The third kappa shape index (κ3) is 7.36. The molecule has 1 unspecified atom stereocenters. The average molecular weight is 307 g/mol. The highest BCUT2D eigenvalue weighted by Crippen LogP contribution is 2.42. The second-order valence-electron chi connectivity index (χ2n) is 5.45. The molecule has 0 bridgehead atoms. The predicted octanol–water partition coefficient (Wildman–Crippen LogP) is 4.92. The van der Waals surface area contributed by atoms with E-state index >= 15 is 0 Å². The molecule has 7 heteroatoms. The zero-order chi connectivity index (χ0) is 16.0. The lowest BCUT2D eigenvalue weighted by atomic mass is 9.92. The van der Waals surface area contributed by atoms with Crippen molar-refractivity contribution in [2.24, 2.45) is 11.8 Å². The number of rotatable bonds is 8. The van der Waals surface area contributed by atoms with E-state index < -0.39 is 24.3 Å². The highest BCUT2D eigenvalue weighted by Gasteiger charge is 2.59. The van der Waals surface area contributed by atoms with Crippen LogP contribution in [0.2, 0.25) is 0 Å². The van der Waals surface area contributed by atoms with Gasteiger partial charge < -0.3 is 5.32 Å². The minimum Gasteiger partial charge on any atom is -0.313 e. The van der Waals surface area contributed by atoms with Gasteiger partial charge in [0.1, 0.15) is 0 Å². The molecule has 0 fully saturated rings. The molecule has 0 spiro atoms. The molecule has 1 atom stereocenters. The summed E-state index contributed by atoms with van der Waals surface area (Å²) < 4.78 is 76.3. The van der Waals surface area contributed by atoms with E-state index in [2.05, 4.69) is 5.32 Å². The van der Waals surface area contributed by atoms with Crippen LogP contribution in [0.15, 0.2) is 0 Å². The Bertz CT molecular complexity index is 245. The van der Waals surface area contributed by atoms with Crippen molar-refractivity contribution in [2.75, 3.05) is 6.54 Å². The van der Waals surface area contributed by atoms with Gasteiger partial charge in [-0.15, -0.1) is 0 Å². The molecule has 0 heterocycles. The molecule has 20 heavy (non-hydrogen) atoms. The summed E-state index contributed by atoms with van der Waals surface area (Å²) in [5, 5.41) is 2.42. The molecule has 0 aromatic carbocycles. The van der Waals surface area contributed by atoms with Crippen molar-refractivity contribution >= 4 is 0 Å². The highest BCUT2D eigenvalue weighted by molar-refractivity contribution is 4.87. The first-order valence-corrected chi connectivity index (χ1v) is 6.87. The van der Waals surface area contributed by atoms with Crippen molar-refractivity contribution in [3.63, 3.8) is 0 Å². The van der Waals surface area contributed by atoms with Crippen LogP contribution in [0.3, 0.4) is 0 Å². The molecule has 1 nitrogen and oxygen atoms in total. The van der Waals surface area contributed by atoms with Crippen LogP contribution < -0.4 is 5.32 Å². The Morgan fingerprint density at radius 3 is 1.75 bits per heavy atom. The van der Waals surface area contributed by atoms with Gasteiger partial charge in [-0.25, -0.2) is 0 Å². The van der Waals surface area contributed by atoms with Gasteiger partial charge in [0.05, 0.1) is 0 Å². The minimum atomic E-state index is -5.28. The molecule has 0 saturated heterocycles. The fourth-order valence-electron chi connectivity index (χ4n) is 2.10. The third-order valence-electron chi connectivity index (χ3n) is 3.06. The Morgan fingerprint density at radius 2 is 1.40 bits per heavy atom. The predicted molar refractivity (Wildman–Crippen MR) is 66.4 cm³/mol. The Kier molecular flexibility index (Phi) is 7.91. The van der Waals surface area contributed by atoms with Crippen molar-refractivity contribution in [3.05, 3.63) is 0 Å². The molecular weight excluding hydrogens is 284 g/mol. The normalized spacial score (nSPS) is 15.2. The lowest BCUT2D eigenvalue weighted by molar-refractivity contribution is -0.292. The van der Waals surface area contributed by atoms with E-state index in [1.54, 1.807) is 6.92 Å². The van der Waals surface area contributed by atoms with Crippen molar-refractivity contribution in [1.29, 1.82) is 0 Å². The van der Waals surface area contributed by atoms with Crippen LogP contribution in [0.5, 0.6) is 0 Å². The number of alkyl halides is 6. The van der Waals surface area contributed by atoms with Crippen LogP contribution in [0, 0.1) is 11.8 Å². The first kappa shape index (κ1) is 19.5. The van der Waals surface area contributed by atoms with E-state index in [4.69, 9.17) is 0 Å². The quantitative estimate of drug-likeness (QED) is 0.627. The first-order valence-electron chi connectivity index (χ1n) is 6.87. The maximum Gasteiger partial charge on any atom is 0.401 e. The molecular formula is C13H23F6N. The van der Waals surface area contributed by atoms with E-state index in [1.807, 2.05) is 13.8 Å². The summed E-state index contributed by atoms with van der Waals surface area (Å²) >= 11 is 0. The Labute approximate surface area is 116 Å². The molecule has 0 aliphatic rings. The van der Waals surface area contributed by atoms with E-state index in [0.29, 0.717) is 19.3 Å². The minimum absolute atomic E-state index is 0.123. The summed E-state index contributed by atoms with van der Waals surface area (Å²) in [6, 6.07) is -1.60. The molecule has 0 aromatic heterocycles. The van der Waals surface area contributed by atoms with Crippen LogP contribution in [0.4, 0.5) is 26.3 Å². The van der Waals surface area contributed by atoms with E-state index in [0.717, 1.165) is 0 Å². The molecule has 0 aromatic rings. The zero-order valence-corrected chi connectivity index (χ0v) is 12.0. The summed E-state index contributed by atoms with van der Waals surface area (Å²) in [5.41, 5.74) is 0. The van der Waals surface area contributed by atoms with E-state index in [-0.39, 0.29) is 18.9 Å². The van der Waals surface area contributed by atoms with Gasteiger partial charge in [0.2, 0.25) is 0 Å². The Hall–Kier alpha value is -0.460. The molecule has 0 radical (unpaired) electrons. The van der Waals surface area contributed by atoms with Gasteiger partial charge in [0, 0.05) is 6.04 Å². The topological polar surface area (TPSA) is 12.0 Å². The van der Waals surface area contributed by atoms with Gasteiger partial charge in [-0.1, -0.05) is 33.6 Å². The van der Waals surface area contributed by atoms with Crippen molar-refractivity contribution in [1.82, 2.24) is 5.32 Å². The summed E-state index contributed by atoms with van der Waals surface area (Å²) in [6.45, 7) is 5.63. The van der Waals surface area contributed by atoms with Gasteiger partial charge in [0.25, 0.3) is 0 Å². The second kappa shape index (κ2) is 8.10. The van der Waals surface area contributed by atoms with Gasteiger partial charge in [-0.2, -0.15) is 26.3 Å². The lowest BCUT2D eigenvalue weighted by Crippen LogP contribution is -2.51. The van der Waals surface area contributed by atoms with E-state index in [9.17, 15) is 26.3 Å². The standard InChI is InChI=1S/C13H23F6N/c1-4-8-20-10(7-5-6-9(2)3)11(12(14,15)16)13(17,18)19/h9-11,20H,4-8H2,1-3H3. The Balaban J connectivity index is 4.92. The van der Waals surface area contributed by atoms with Crippen molar-refractivity contribution < 1.29 is 26.3 Å². The molecule has 0 aliphatic carbocycles. The number of nitrogens with one attached hydrogen (secondary N) is 1. The molecule has 0 aliphatic heterocycles. The fourth-order valence-corrected chi connectivity index (χ4v) is 2.10. The van der Waals surface area contributed by atoms with Crippen LogP contribution >= 0.6 is 0 Å². The summed E-state index contributed by atoms with van der Waals surface area (Å²) in [7, 11) is 0. The summed E-state index contributed by atoms with van der Waals surface area (Å²) in [4.78, 5) is 0. The lowest BCUT2D eigenvalue weighted by Gasteiger charge is -2.31. The zero-order valence-electron chi connectivity index (χ0n) is 12.0. The van der Waals surface area contributed by atoms with Gasteiger partial charge in [-0.3, -0.25) is 0 Å². The highest BCUT2D eigenvalue weighted by atomic mass is 19.4. The SMILES string of the molecule is CCCNC(CCCC(C)C)C(C(F)(F)F)C(F)(F)F.